The molecule has 0 atom stereocenters. The van der Waals surface area contributed by atoms with E-state index in [9.17, 15) is 4.79 Å². The number of fused-ring (bicyclic) bond motifs is 1. The summed E-state index contributed by atoms with van der Waals surface area (Å²) in [5.74, 6) is 1.41. The Morgan fingerprint density at radius 2 is 1.96 bits per heavy atom. The van der Waals surface area contributed by atoms with Crippen LogP contribution in [0.3, 0.4) is 0 Å². The summed E-state index contributed by atoms with van der Waals surface area (Å²) in [6.07, 6.45) is 0. The lowest BCUT2D eigenvalue weighted by Gasteiger charge is -2.10. The zero-order chi connectivity index (χ0) is 18.8. The maximum Gasteiger partial charge on any atom is 0.262 e. The molecule has 4 aromatic rings. The molecule has 136 valence electrons. The van der Waals surface area contributed by atoms with Crippen LogP contribution in [0.25, 0.3) is 22.4 Å². The van der Waals surface area contributed by atoms with Crippen molar-refractivity contribution in [1.82, 2.24) is 19.7 Å². The summed E-state index contributed by atoms with van der Waals surface area (Å²) in [4.78, 5) is 17.4. The van der Waals surface area contributed by atoms with Crippen molar-refractivity contribution in [3.8, 4) is 11.5 Å². The summed E-state index contributed by atoms with van der Waals surface area (Å²) in [7, 11) is 0. The number of hydrogen-bond donors (Lipinski definition) is 0. The van der Waals surface area contributed by atoms with E-state index in [4.69, 9.17) is 4.42 Å². The van der Waals surface area contributed by atoms with Gasteiger partial charge >= 0.3 is 0 Å². The van der Waals surface area contributed by atoms with Crippen LogP contribution >= 0.6 is 27.7 Å². The molecule has 6 nitrogen and oxygen atoms in total. The molecule has 0 fully saturated rings. The third-order valence-electron chi connectivity index (χ3n) is 4.01. The lowest BCUT2D eigenvalue weighted by molar-refractivity contribution is 0.527. The molecule has 0 N–H and O–H groups in total. The van der Waals surface area contributed by atoms with Gasteiger partial charge in [-0.1, -0.05) is 45.9 Å². The molecule has 2 aromatic heterocycles. The Labute approximate surface area is 167 Å². The van der Waals surface area contributed by atoms with Crippen molar-refractivity contribution in [2.45, 2.75) is 24.4 Å². The fourth-order valence-corrected chi connectivity index (χ4v) is 3.96. The quantitative estimate of drug-likeness (QED) is 0.334. The van der Waals surface area contributed by atoms with E-state index >= 15 is 0 Å². The Morgan fingerprint density at radius 1 is 1.15 bits per heavy atom. The largest absolute Gasteiger partial charge is 0.420 e. The average Bonchev–Trinajstić information content (AvgIpc) is 3.17. The van der Waals surface area contributed by atoms with Crippen LogP contribution in [0.15, 0.2) is 67.4 Å². The molecule has 0 unspecified atom stereocenters. The van der Waals surface area contributed by atoms with E-state index in [1.54, 1.807) is 10.6 Å². The van der Waals surface area contributed by atoms with Crippen molar-refractivity contribution in [2.75, 3.05) is 0 Å². The molecule has 27 heavy (non-hydrogen) atoms. The standard InChI is InChI=1S/C19H15BrN4O2S/c1-2-24-18(25)14-10-13(20)8-9-15(14)21-19(24)27-11-16-22-23-17(26-16)12-6-4-3-5-7-12/h3-10H,2,11H2,1H3. The highest BCUT2D eigenvalue weighted by Gasteiger charge is 2.14. The Morgan fingerprint density at radius 3 is 2.74 bits per heavy atom. The molecule has 2 aromatic carbocycles. The summed E-state index contributed by atoms with van der Waals surface area (Å²) in [5, 5.41) is 9.43. The molecule has 0 saturated heterocycles. The molecule has 0 amide bonds. The van der Waals surface area contributed by atoms with Gasteiger partial charge < -0.3 is 4.42 Å². The lowest BCUT2D eigenvalue weighted by Crippen LogP contribution is -2.22. The molecular weight excluding hydrogens is 428 g/mol. The van der Waals surface area contributed by atoms with E-state index in [0.29, 0.717) is 40.1 Å². The van der Waals surface area contributed by atoms with Gasteiger partial charge in [-0.05, 0) is 37.3 Å². The van der Waals surface area contributed by atoms with E-state index in [1.807, 2.05) is 49.4 Å². The van der Waals surface area contributed by atoms with Crippen LogP contribution in [0.1, 0.15) is 12.8 Å². The highest BCUT2D eigenvalue weighted by atomic mass is 79.9. The first-order valence-electron chi connectivity index (χ1n) is 8.36. The van der Waals surface area contributed by atoms with Gasteiger partial charge in [0.1, 0.15) is 0 Å². The molecule has 0 aliphatic heterocycles. The smallest absolute Gasteiger partial charge is 0.262 e. The van der Waals surface area contributed by atoms with Crippen molar-refractivity contribution >= 4 is 38.6 Å². The summed E-state index contributed by atoms with van der Waals surface area (Å²) >= 11 is 4.82. The van der Waals surface area contributed by atoms with E-state index in [2.05, 4.69) is 31.1 Å². The van der Waals surface area contributed by atoms with Gasteiger partial charge in [0.15, 0.2) is 5.16 Å². The summed E-state index contributed by atoms with van der Waals surface area (Å²) in [6.45, 7) is 2.47. The minimum atomic E-state index is -0.0539. The highest BCUT2D eigenvalue weighted by molar-refractivity contribution is 9.10. The maximum absolute atomic E-state index is 12.8. The van der Waals surface area contributed by atoms with E-state index in [0.717, 1.165) is 10.0 Å². The number of thioether (sulfide) groups is 1. The van der Waals surface area contributed by atoms with Crippen molar-refractivity contribution in [3.05, 3.63) is 69.2 Å². The van der Waals surface area contributed by atoms with Crippen molar-refractivity contribution < 1.29 is 4.42 Å². The summed E-state index contributed by atoms with van der Waals surface area (Å²) in [6, 6.07) is 15.1. The van der Waals surface area contributed by atoms with Crippen molar-refractivity contribution in [3.63, 3.8) is 0 Å². The molecule has 0 aliphatic carbocycles. The Hall–Kier alpha value is -2.45. The first-order chi connectivity index (χ1) is 13.2. The Kier molecular flexibility index (Phi) is 5.09. The Balaban J connectivity index is 1.62. The lowest BCUT2D eigenvalue weighted by atomic mass is 10.2. The molecule has 0 radical (unpaired) electrons. The molecule has 0 spiro atoms. The van der Waals surface area contributed by atoms with Crippen molar-refractivity contribution in [1.29, 1.82) is 0 Å². The van der Waals surface area contributed by atoms with E-state index < -0.39 is 0 Å². The van der Waals surface area contributed by atoms with Crippen LogP contribution in [0.4, 0.5) is 0 Å². The minimum Gasteiger partial charge on any atom is -0.420 e. The Bertz CT molecular complexity index is 1160. The topological polar surface area (TPSA) is 73.8 Å². The molecule has 0 bridgehead atoms. The summed E-state index contributed by atoms with van der Waals surface area (Å²) < 4.78 is 8.25. The summed E-state index contributed by atoms with van der Waals surface area (Å²) in [5.41, 5.74) is 1.49. The van der Waals surface area contributed by atoms with Gasteiger partial charge in [-0.2, -0.15) is 0 Å². The van der Waals surface area contributed by atoms with Gasteiger partial charge in [-0.3, -0.25) is 9.36 Å². The van der Waals surface area contributed by atoms with Gasteiger partial charge in [-0.15, -0.1) is 10.2 Å². The monoisotopic (exact) mass is 442 g/mol. The van der Waals surface area contributed by atoms with Crippen molar-refractivity contribution in [2.24, 2.45) is 0 Å². The molecule has 2 heterocycles. The fraction of sp³-hybridized carbons (Fsp3) is 0.158. The third-order valence-corrected chi connectivity index (χ3v) is 5.46. The first-order valence-corrected chi connectivity index (χ1v) is 10.1. The highest BCUT2D eigenvalue weighted by Crippen LogP contribution is 2.25. The van der Waals surface area contributed by atoms with Crippen LogP contribution in [0, 0.1) is 0 Å². The molecule has 4 rings (SSSR count). The molecule has 0 saturated carbocycles. The van der Waals surface area contributed by atoms with E-state index in [1.165, 1.54) is 11.8 Å². The zero-order valence-corrected chi connectivity index (χ0v) is 16.8. The van der Waals surface area contributed by atoms with Crippen LogP contribution in [0.5, 0.6) is 0 Å². The van der Waals surface area contributed by atoms with Gasteiger partial charge in [0.25, 0.3) is 5.56 Å². The van der Waals surface area contributed by atoms with Crippen LogP contribution < -0.4 is 5.56 Å². The molecular formula is C19H15BrN4O2S. The van der Waals surface area contributed by atoms with Crippen LogP contribution in [-0.2, 0) is 12.3 Å². The molecule has 0 aliphatic rings. The SMILES string of the molecule is CCn1c(SCc2nnc(-c3ccccc3)o2)nc2ccc(Br)cc2c1=O. The third kappa shape index (κ3) is 3.68. The number of halogens is 1. The van der Waals surface area contributed by atoms with Gasteiger partial charge in [0.2, 0.25) is 11.8 Å². The predicted molar refractivity (Wildman–Crippen MR) is 109 cm³/mol. The molecule has 8 heteroatoms. The fourth-order valence-electron chi connectivity index (χ4n) is 2.70. The van der Waals surface area contributed by atoms with Crippen LogP contribution in [0.2, 0.25) is 0 Å². The second kappa shape index (κ2) is 7.66. The number of benzene rings is 2. The minimum absolute atomic E-state index is 0.0539. The predicted octanol–water partition coefficient (Wildman–Crippen LogP) is 4.52. The number of hydrogen-bond acceptors (Lipinski definition) is 6. The normalized spacial score (nSPS) is 11.2. The van der Waals surface area contributed by atoms with Gasteiger partial charge in [0, 0.05) is 16.6 Å². The van der Waals surface area contributed by atoms with E-state index in [-0.39, 0.29) is 5.56 Å². The maximum atomic E-state index is 12.8. The van der Waals surface area contributed by atoms with Gasteiger partial charge in [0.05, 0.1) is 16.7 Å². The average molecular weight is 443 g/mol. The van der Waals surface area contributed by atoms with Crippen LogP contribution in [-0.4, -0.2) is 19.7 Å². The van der Waals surface area contributed by atoms with Gasteiger partial charge in [-0.25, -0.2) is 4.98 Å². The second-order valence-corrected chi connectivity index (χ2v) is 7.62. The number of aromatic nitrogens is 4. The zero-order valence-electron chi connectivity index (χ0n) is 14.4. The number of rotatable bonds is 5. The second-order valence-electron chi connectivity index (χ2n) is 5.76. The number of nitrogens with zero attached hydrogens (tertiary/aromatic N) is 4. The first kappa shape index (κ1) is 17.9.